The molecule has 2 heterocycles. The molecule has 0 fully saturated rings. The van der Waals surface area contributed by atoms with Gasteiger partial charge in [0.05, 0.1) is 35.2 Å². The molecule has 0 bridgehead atoms. The number of rotatable bonds is 5. The second-order valence-corrected chi connectivity index (χ2v) is 6.06. The van der Waals surface area contributed by atoms with E-state index in [-0.39, 0.29) is 11.7 Å². The van der Waals surface area contributed by atoms with Crippen LogP contribution in [0.15, 0.2) is 43.0 Å². The van der Waals surface area contributed by atoms with Crippen LogP contribution >= 0.6 is 11.6 Å². The summed E-state index contributed by atoms with van der Waals surface area (Å²) in [5.74, 6) is -0.551. The van der Waals surface area contributed by atoms with E-state index in [1.165, 1.54) is 0 Å². The zero-order valence-electron chi connectivity index (χ0n) is 13.4. The number of primary amides is 1. The van der Waals surface area contributed by atoms with Gasteiger partial charge in [0, 0.05) is 18.0 Å². The van der Waals surface area contributed by atoms with E-state index >= 15 is 0 Å². The summed E-state index contributed by atoms with van der Waals surface area (Å²) in [7, 11) is 0. The number of nitriles is 1. The minimum absolute atomic E-state index is 0.0397. The van der Waals surface area contributed by atoms with E-state index in [1.54, 1.807) is 29.3 Å². The van der Waals surface area contributed by atoms with Gasteiger partial charge in [-0.15, -0.1) is 0 Å². The van der Waals surface area contributed by atoms with Crippen LogP contribution in [0.2, 0.25) is 5.02 Å². The molecule has 0 aliphatic rings. The number of hydrogen-bond acceptors (Lipinski definition) is 4. The molecule has 1 amide bonds. The standard InChI is InChI=1S/C17H15ClN6O/c1-11(23-9-16(17(20)25)21-10-23)8-24-5-4-15(22-24)12-2-3-13(7-19)14(18)6-12/h2-6,9-11H,8H2,1H3,(H2,20,25)/t11-/m0/s1. The summed E-state index contributed by atoms with van der Waals surface area (Å²) in [6, 6.07) is 9.18. The Kier molecular flexibility index (Phi) is 4.55. The summed E-state index contributed by atoms with van der Waals surface area (Å²) in [6.45, 7) is 2.59. The SMILES string of the molecule is C[C@@H](Cn1ccc(-c2ccc(C#N)c(Cl)c2)n1)n1cnc(C(N)=O)c1. The van der Waals surface area contributed by atoms with E-state index in [2.05, 4.69) is 10.1 Å². The van der Waals surface area contributed by atoms with Crippen LogP contribution in [0.25, 0.3) is 11.3 Å². The van der Waals surface area contributed by atoms with E-state index in [0.717, 1.165) is 11.3 Å². The van der Waals surface area contributed by atoms with Crippen molar-refractivity contribution in [1.82, 2.24) is 19.3 Å². The number of imidazole rings is 1. The van der Waals surface area contributed by atoms with Crippen LogP contribution in [0.3, 0.4) is 0 Å². The number of carbonyl (C=O) groups excluding carboxylic acids is 1. The number of benzene rings is 1. The lowest BCUT2D eigenvalue weighted by Gasteiger charge is -2.12. The fraction of sp³-hybridized carbons (Fsp3) is 0.176. The van der Waals surface area contributed by atoms with Crippen LogP contribution in [0, 0.1) is 11.3 Å². The highest BCUT2D eigenvalue weighted by Crippen LogP contribution is 2.24. The zero-order valence-corrected chi connectivity index (χ0v) is 14.2. The molecule has 0 unspecified atom stereocenters. The number of carbonyl (C=O) groups is 1. The third-order valence-corrected chi connectivity index (χ3v) is 4.15. The summed E-state index contributed by atoms with van der Waals surface area (Å²) in [4.78, 5) is 15.1. The van der Waals surface area contributed by atoms with Crippen molar-refractivity contribution in [2.24, 2.45) is 5.73 Å². The summed E-state index contributed by atoms with van der Waals surface area (Å²) in [6.07, 6.45) is 5.07. The monoisotopic (exact) mass is 354 g/mol. The maximum absolute atomic E-state index is 11.1. The molecule has 0 spiro atoms. The summed E-state index contributed by atoms with van der Waals surface area (Å²) in [5.41, 5.74) is 7.50. The molecule has 8 heteroatoms. The Morgan fingerprint density at radius 3 is 2.88 bits per heavy atom. The van der Waals surface area contributed by atoms with Gasteiger partial charge >= 0.3 is 0 Å². The quantitative estimate of drug-likeness (QED) is 0.760. The van der Waals surface area contributed by atoms with E-state index in [0.29, 0.717) is 17.1 Å². The largest absolute Gasteiger partial charge is 0.364 e. The molecule has 3 rings (SSSR count). The first-order chi connectivity index (χ1) is 12.0. The molecule has 1 aromatic carbocycles. The molecule has 7 nitrogen and oxygen atoms in total. The first-order valence-corrected chi connectivity index (χ1v) is 7.92. The maximum Gasteiger partial charge on any atom is 0.268 e. The lowest BCUT2D eigenvalue weighted by Crippen LogP contribution is -2.13. The number of nitrogens with two attached hydrogens (primary N) is 1. The Bertz CT molecular complexity index is 968. The lowest BCUT2D eigenvalue weighted by atomic mass is 10.1. The number of nitrogens with zero attached hydrogens (tertiary/aromatic N) is 5. The van der Waals surface area contributed by atoms with E-state index < -0.39 is 5.91 Å². The Hall–Kier alpha value is -3.11. The molecule has 25 heavy (non-hydrogen) atoms. The zero-order chi connectivity index (χ0) is 18.0. The van der Waals surface area contributed by atoms with Gasteiger partial charge in [-0.3, -0.25) is 9.48 Å². The molecule has 2 N–H and O–H groups in total. The molecule has 1 atom stereocenters. The van der Waals surface area contributed by atoms with Gasteiger partial charge in [-0.1, -0.05) is 17.7 Å². The number of amides is 1. The molecule has 126 valence electrons. The normalized spacial score (nSPS) is 11.9. The molecular formula is C17H15ClN6O. The minimum Gasteiger partial charge on any atom is -0.364 e. The van der Waals surface area contributed by atoms with Gasteiger partial charge in [-0.05, 0) is 25.1 Å². The van der Waals surface area contributed by atoms with Crippen molar-refractivity contribution < 1.29 is 4.79 Å². The average molecular weight is 355 g/mol. The molecule has 0 radical (unpaired) electrons. The number of aromatic nitrogens is 4. The van der Waals surface area contributed by atoms with E-state index in [9.17, 15) is 4.79 Å². The Balaban J connectivity index is 1.76. The molecule has 2 aromatic heterocycles. The van der Waals surface area contributed by atoms with Crippen LogP contribution in [-0.2, 0) is 6.54 Å². The van der Waals surface area contributed by atoms with Gasteiger partial charge in [-0.2, -0.15) is 10.4 Å². The minimum atomic E-state index is -0.551. The third-order valence-electron chi connectivity index (χ3n) is 3.84. The Morgan fingerprint density at radius 2 is 2.24 bits per heavy atom. The molecule has 3 aromatic rings. The first-order valence-electron chi connectivity index (χ1n) is 7.54. The predicted octanol–water partition coefficient (Wildman–Crippen LogP) is 2.63. The van der Waals surface area contributed by atoms with Gasteiger partial charge in [0.1, 0.15) is 11.8 Å². The van der Waals surface area contributed by atoms with E-state index in [4.69, 9.17) is 22.6 Å². The van der Waals surface area contributed by atoms with Gasteiger partial charge < -0.3 is 10.3 Å². The Labute approximate surface area is 149 Å². The maximum atomic E-state index is 11.1. The molecular weight excluding hydrogens is 340 g/mol. The van der Waals surface area contributed by atoms with Crippen molar-refractivity contribution in [2.75, 3.05) is 0 Å². The number of halogens is 1. The molecule has 0 saturated carbocycles. The highest BCUT2D eigenvalue weighted by atomic mass is 35.5. The van der Waals surface area contributed by atoms with Crippen LogP contribution in [0.1, 0.15) is 29.0 Å². The molecule has 0 saturated heterocycles. The van der Waals surface area contributed by atoms with Crippen molar-refractivity contribution >= 4 is 17.5 Å². The smallest absolute Gasteiger partial charge is 0.268 e. The number of hydrogen-bond donors (Lipinski definition) is 1. The predicted molar refractivity (Wildman–Crippen MR) is 92.8 cm³/mol. The van der Waals surface area contributed by atoms with Gasteiger partial charge in [0.25, 0.3) is 5.91 Å². The molecule has 0 aliphatic heterocycles. The van der Waals surface area contributed by atoms with Crippen molar-refractivity contribution in [3.05, 3.63) is 59.3 Å². The summed E-state index contributed by atoms with van der Waals surface area (Å²) in [5, 5.41) is 13.9. The highest BCUT2D eigenvalue weighted by molar-refractivity contribution is 6.32. The Morgan fingerprint density at radius 1 is 1.44 bits per heavy atom. The van der Waals surface area contributed by atoms with Crippen molar-refractivity contribution in [2.45, 2.75) is 19.5 Å². The van der Waals surface area contributed by atoms with Crippen LogP contribution < -0.4 is 5.73 Å². The second-order valence-electron chi connectivity index (χ2n) is 5.65. The highest BCUT2D eigenvalue weighted by Gasteiger charge is 2.12. The fourth-order valence-corrected chi connectivity index (χ4v) is 2.68. The van der Waals surface area contributed by atoms with Gasteiger partial charge in [0.15, 0.2) is 0 Å². The van der Waals surface area contributed by atoms with Gasteiger partial charge in [-0.25, -0.2) is 4.98 Å². The van der Waals surface area contributed by atoms with Crippen molar-refractivity contribution in [3.8, 4) is 17.3 Å². The van der Waals surface area contributed by atoms with Crippen molar-refractivity contribution in [3.63, 3.8) is 0 Å². The summed E-state index contributed by atoms with van der Waals surface area (Å²) < 4.78 is 3.62. The van der Waals surface area contributed by atoms with Crippen LogP contribution in [0.5, 0.6) is 0 Å². The average Bonchev–Trinajstić information content (AvgIpc) is 3.24. The topological polar surface area (TPSA) is 103 Å². The lowest BCUT2D eigenvalue weighted by molar-refractivity contribution is 0.0996. The van der Waals surface area contributed by atoms with Crippen LogP contribution in [0.4, 0.5) is 0 Å². The third kappa shape index (κ3) is 3.54. The second kappa shape index (κ2) is 6.79. The fourth-order valence-electron chi connectivity index (χ4n) is 2.45. The molecule has 0 aliphatic carbocycles. The van der Waals surface area contributed by atoms with Crippen LogP contribution in [-0.4, -0.2) is 25.2 Å². The van der Waals surface area contributed by atoms with Crippen molar-refractivity contribution in [1.29, 1.82) is 5.26 Å². The van der Waals surface area contributed by atoms with Gasteiger partial charge in [0.2, 0.25) is 0 Å². The first kappa shape index (κ1) is 16.7. The summed E-state index contributed by atoms with van der Waals surface area (Å²) >= 11 is 6.07. The van der Waals surface area contributed by atoms with E-state index in [1.807, 2.05) is 35.9 Å².